The number of likely N-dealkylation sites (N-methyl/N-ethyl adjacent to an activating group) is 1. The molecule has 0 spiro atoms. The molecule has 1 aromatic rings. The predicted molar refractivity (Wildman–Crippen MR) is 85.5 cm³/mol. The van der Waals surface area contributed by atoms with Crippen molar-refractivity contribution in [2.24, 2.45) is 0 Å². The Labute approximate surface area is 128 Å². The summed E-state index contributed by atoms with van der Waals surface area (Å²) < 4.78 is 5.72. The van der Waals surface area contributed by atoms with Crippen LogP contribution in [0.3, 0.4) is 0 Å². The quantitative estimate of drug-likeness (QED) is 0.832. The van der Waals surface area contributed by atoms with E-state index in [0.717, 1.165) is 31.6 Å². The zero-order valence-electron chi connectivity index (χ0n) is 13.5. The molecule has 1 saturated heterocycles. The molecule has 1 amide bonds. The molecule has 3 nitrogen and oxygen atoms in total. The van der Waals surface area contributed by atoms with Gasteiger partial charge in [-0.2, -0.15) is 0 Å². The lowest BCUT2D eigenvalue weighted by atomic mass is 10.0. The van der Waals surface area contributed by atoms with Gasteiger partial charge in [-0.3, -0.25) is 4.79 Å². The second-order valence-corrected chi connectivity index (χ2v) is 6.20. The van der Waals surface area contributed by atoms with Crippen LogP contribution in [0, 0.1) is 13.8 Å². The summed E-state index contributed by atoms with van der Waals surface area (Å²) in [5, 5.41) is 0. The Morgan fingerprint density at radius 1 is 1.33 bits per heavy atom. The van der Waals surface area contributed by atoms with E-state index in [-0.39, 0.29) is 5.91 Å². The van der Waals surface area contributed by atoms with Crippen molar-refractivity contribution in [3.05, 3.63) is 34.9 Å². The Morgan fingerprint density at radius 2 is 2.14 bits per heavy atom. The molecule has 1 fully saturated rings. The highest BCUT2D eigenvalue weighted by molar-refractivity contribution is 5.78. The number of rotatable bonds is 5. The van der Waals surface area contributed by atoms with Crippen LogP contribution in [0.5, 0.6) is 0 Å². The first kappa shape index (κ1) is 16.0. The molecule has 1 aromatic carbocycles. The van der Waals surface area contributed by atoms with Gasteiger partial charge in [-0.25, -0.2) is 0 Å². The molecule has 0 N–H and O–H groups in total. The average Bonchev–Trinajstić information content (AvgIpc) is 2.49. The lowest BCUT2D eigenvalue weighted by Gasteiger charge is -2.25. The lowest BCUT2D eigenvalue weighted by molar-refractivity contribution is -0.129. The van der Waals surface area contributed by atoms with Crippen molar-refractivity contribution in [2.75, 3.05) is 20.2 Å². The average molecular weight is 289 g/mol. The summed E-state index contributed by atoms with van der Waals surface area (Å²) in [6, 6.07) is 6.30. The van der Waals surface area contributed by atoms with Crippen molar-refractivity contribution < 1.29 is 9.53 Å². The molecule has 1 aliphatic heterocycles. The first-order valence-corrected chi connectivity index (χ1v) is 7.98. The van der Waals surface area contributed by atoms with Crippen molar-refractivity contribution in [1.82, 2.24) is 4.90 Å². The molecule has 0 radical (unpaired) electrons. The van der Waals surface area contributed by atoms with Crippen LogP contribution in [0.2, 0.25) is 0 Å². The molecule has 0 aliphatic carbocycles. The van der Waals surface area contributed by atoms with Gasteiger partial charge in [0.1, 0.15) is 0 Å². The summed E-state index contributed by atoms with van der Waals surface area (Å²) in [4.78, 5) is 14.2. The number of hydrogen-bond donors (Lipinski definition) is 0. The summed E-state index contributed by atoms with van der Waals surface area (Å²) >= 11 is 0. The highest BCUT2D eigenvalue weighted by atomic mass is 16.5. The van der Waals surface area contributed by atoms with Gasteiger partial charge in [0.25, 0.3) is 0 Å². The van der Waals surface area contributed by atoms with E-state index in [1.807, 2.05) is 11.9 Å². The van der Waals surface area contributed by atoms with Crippen molar-refractivity contribution >= 4 is 5.91 Å². The number of amides is 1. The zero-order chi connectivity index (χ0) is 15.2. The highest BCUT2D eigenvalue weighted by Gasteiger charge is 2.17. The fourth-order valence-corrected chi connectivity index (χ4v) is 2.79. The van der Waals surface area contributed by atoms with Crippen LogP contribution in [0.4, 0.5) is 0 Å². The SMILES string of the molecule is Cc1ccc(C)c(CC(=O)N(C)CCC2CCCCO2)c1. The normalized spacial score (nSPS) is 18.5. The smallest absolute Gasteiger partial charge is 0.226 e. The van der Waals surface area contributed by atoms with E-state index in [9.17, 15) is 4.79 Å². The molecule has 0 bridgehead atoms. The van der Waals surface area contributed by atoms with Crippen LogP contribution >= 0.6 is 0 Å². The van der Waals surface area contributed by atoms with Gasteiger partial charge in [0.15, 0.2) is 0 Å². The van der Waals surface area contributed by atoms with Crippen LogP contribution in [-0.2, 0) is 16.0 Å². The summed E-state index contributed by atoms with van der Waals surface area (Å²) in [5.41, 5.74) is 3.54. The highest BCUT2D eigenvalue weighted by Crippen LogP contribution is 2.16. The summed E-state index contributed by atoms with van der Waals surface area (Å²) in [6.45, 7) is 5.80. The minimum Gasteiger partial charge on any atom is -0.378 e. The van der Waals surface area contributed by atoms with Gasteiger partial charge in [0.05, 0.1) is 12.5 Å². The van der Waals surface area contributed by atoms with Crippen LogP contribution in [0.1, 0.15) is 42.4 Å². The van der Waals surface area contributed by atoms with E-state index in [1.54, 1.807) is 0 Å². The monoisotopic (exact) mass is 289 g/mol. The van der Waals surface area contributed by atoms with Crippen LogP contribution in [-0.4, -0.2) is 37.1 Å². The maximum atomic E-state index is 12.3. The molecule has 21 heavy (non-hydrogen) atoms. The van der Waals surface area contributed by atoms with E-state index in [2.05, 4.69) is 32.0 Å². The maximum absolute atomic E-state index is 12.3. The molecule has 0 saturated carbocycles. The fraction of sp³-hybridized carbons (Fsp3) is 0.611. The topological polar surface area (TPSA) is 29.5 Å². The van der Waals surface area contributed by atoms with Crippen molar-refractivity contribution in [3.63, 3.8) is 0 Å². The largest absolute Gasteiger partial charge is 0.378 e. The van der Waals surface area contributed by atoms with E-state index in [0.29, 0.717) is 12.5 Å². The molecule has 3 heteroatoms. The van der Waals surface area contributed by atoms with Gasteiger partial charge in [-0.15, -0.1) is 0 Å². The Balaban J connectivity index is 1.82. The first-order chi connectivity index (χ1) is 10.1. The first-order valence-electron chi connectivity index (χ1n) is 7.98. The lowest BCUT2D eigenvalue weighted by Crippen LogP contribution is -2.32. The van der Waals surface area contributed by atoms with Crippen molar-refractivity contribution in [2.45, 2.75) is 52.1 Å². The van der Waals surface area contributed by atoms with Crippen LogP contribution in [0.25, 0.3) is 0 Å². The molecule has 1 unspecified atom stereocenters. The van der Waals surface area contributed by atoms with Gasteiger partial charge < -0.3 is 9.64 Å². The number of hydrogen-bond acceptors (Lipinski definition) is 2. The number of benzene rings is 1. The second-order valence-electron chi connectivity index (χ2n) is 6.20. The standard InChI is InChI=1S/C18H27NO2/c1-14-7-8-15(2)16(12-14)13-18(20)19(3)10-9-17-6-4-5-11-21-17/h7-8,12,17H,4-6,9-11,13H2,1-3H3. The van der Waals surface area contributed by atoms with Gasteiger partial charge in [0.2, 0.25) is 5.91 Å². The molecular weight excluding hydrogens is 262 g/mol. The number of carbonyl (C=O) groups excluding carboxylic acids is 1. The maximum Gasteiger partial charge on any atom is 0.226 e. The van der Waals surface area contributed by atoms with E-state index >= 15 is 0 Å². The number of carbonyl (C=O) groups is 1. The number of aryl methyl sites for hydroxylation is 2. The predicted octanol–water partition coefficient (Wildman–Crippen LogP) is 3.26. The van der Waals surface area contributed by atoms with Gasteiger partial charge in [-0.05, 0) is 50.7 Å². The minimum atomic E-state index is 0.194. The molecule has 2 rings (SSSR count). The summed E-state index contributed by atoms with van der Waals surface area (Å²) in [7, 11) is 1.90. The van der Waals surface area contributed by atoms with Crippen LogP contribution < -0.4 is 0 Å². The molecule has 1 heterocycles. The third-order valence-corrected chi connectivity index (χ3v) is 4.33. The van der Waals surface area contributed by atoms with Crippen molar-refractivity contribution in [3.8, 4) is 0 Å². The number of ether oxygens (including phenoxy) is 1. The van der Waals surface area contributed by atoms with Crippen molar-refractivity contribution in [1.29, 1.82) is 0 Å². The molecule has 1 atom stereocenters. The molecular formula is C18H27NO2. The molecule has 0 aromatic heterocycles. The van der Waals surface area contributed by atoms with E-state index < -0.39 is 0 Å². The Bertz CT molecular complexity index is 478. The summed E-state index contributed by atoms with van der Waals surface area (Å²) in [6.07, 6.45) is 5.36. The second kappa shape index (κ2) is 7.60. The minimum absolute atomic E-state index is 0.194. The van der Waals surface area contributed by atoms with Gasteiger partial charge >= 0.3 is 0 Å². The van der Waals surface area contributed by atoms with E-state index in [1.165, 1.54) is 24.0 Å². The third kappa shape index (κ3) is 4.85. The molecule has 1 aliphatic rings. The van der Waals surface area contributed by atoms with Crippen LogP contribution in [0.15, 0.2) is 18.2 Å². The summed E-state index contributed by atoms with van der Waals surface area (Å²) in [5.74, 6) is 0.194. The zero-order valence-corrected chi connectivity index (χ0v) is 13.5. The Hall–Kier alpha value is -1.35. The third-order valence-electron chi connectivity index (χ3n) is 4.33. The molecule has 116 valence electrons. The van der Waals surface area contributed by atoms with Gasteiger partial charge in [0, 0.05) is 20.2 Å². The Morgan fingerprint density at radius 3 is 2.86 bits per heavy atom. The Kier molecular flexibility index (Phi) is 5.80. The number of nitrogens with zero attached hydrogens (tertiary/aromatic N) is 1. The van der Waals surface area contributed by atoms with E-state index in [4.69, 9.17) is 4.74 Å². The van der Waals surface area contributed by atoms with Gasteiger partial charge in [-0.1, -0.05) is 23.8 Å². The fourth-order valence-electron chi connectivity index (χ4n) is 2.79.